The Morgan fingerprint density at radius 3 is 2.94 bits per heavy atom. The summed E-state index contributed by atoms with van der Waals surface area (Å²) in [4.78, 5) is 5.47. The molecule has 2 rings (SSSR count). The zero-order valence-corrected chi connectivity index (χ0v) is 11.0. The molecule has 0 saturated heterocycles. The third-order valence-electron chi connectivity index (χ3n) is 2.71. The van der Waals surface area contributed by atoms with Crippen LogP contribution in [0, 0.1) is 0 Å². The van der Waals surface area contributed by atoms with Gasteiger partial charge in [0.1, 0.15) is 11.9 Å². The van der Waals surface area contributed by atoms with Gasteiger partial charge in [0.05, 0.1) is 12.7 Å². The van der Waals surface area contributed by atoms with E-state index in [1.54, 1.807) is 17.5 Å². The highest BCUT2D eigenvalue weighted by molar-refractivity contribution is 7.10. The van der Waals surface area contributed by atoms with Crippen LogP contribution >= 0.6 is 11.3 Å². The summed E-state index contributed by atoms with van der Waals surface area (Å²) in [6, 6.07) is 3.95. The second-order valence-corrected chi connectivity index (χ2v) is 5.07. The Balaban J connectivity index is 2.17. The molecule has 3 N–H and O–H groups in total. The number of imidazole rings is 1. The lowest BCUT2D eigenvalue weighted by atomic mass is 10.2. The monoisotopic (exact) mass is 267 g/mol. The number of nitrogens with zero attached hydrogens (tertiary/aromatic N) is 2. The van der Waals surface area contributed by atoms with Crippen molar-refractivity contribution in [3.63, 3.8) is 0 Å². The van der Waals surface area contributed by atoms with Crippen molar-refractivity contribution in [3.05, 3.63) is 40.6 Å². The topological polar surface area (TPSA) is 70.3 Å². The standard InChI is InChI=1S/C12H17N3O2S/c1-15-5-4-13-12(15)11(10-3-2-6-18-10)14-7-9(17)8-16/h2-6,9,11,14,16-17H,7-8H2,1H3. The van der Waals surface area contributed by atoms with E-state index in [1.807, 2.05) is 35.3 Å². The number of aliphatic hydroxyl groups excluding tert-OH is 2. The highest BCUT2D eigenvalue weighted by Gasteiger charge is 2.19. The normalized spacial score (nSPS) is 14.6. The van der Waals surface area contributed by atoms with Crippen molar-refractivity contribution in [2.24, 2.45) is 7.05 Å². The highest BCUT2D eigenvalue weighted by atomic mass is 32.1. The predicted octanol–water partition coefficient (Wildman–Crippen LogP) is 0.514. The molecular weight excluding hydrogens is 250 g/mol. The zero-order valence-electron chi connectivity index (χ0n) is 10.2. The van der Waals surface area contributed by atoms with E-state index in [0.717, 1.165) is 10.7 Å². The van der Waals surface area contributed by atoms with Crippen LogP contribution in [-0.4, -0.2) is 39.0 Å². The van der Waals surface area contributed by atoms with E-state index < -0.39 is 6.10 Å². The van der Waals surface area contributed by atoms with Gasteiger partial charge in [-0.1, -0.05) is 6.07 Å². The van der Waals surface area contributed by atoms with Crippen LogP contribution in [0.5, 0.6) is 0 Å². The van der Waals surface area contributed by atoms with Crippen LogP contribution < -0.4 is 5.32 Å². The first kappa shape index (κ1) is 13.2. The fraction of sp³-hybridized carbons (Fsp3) is 0.417. The molecule has 5 nitrogen and oxygen atoms in total. The van der Waals surface area contributed by atoms with Gasteiger partial charge in [-0.3, -0.25) is 0 Å². The number of nitrogens with one attached hydrogen (secondary N) is 1. The number of thiophene rings is 1. The fourth-order valence-corrected chi connectivity index (χ4v) is 2.54. The molecule has 2 aromatic heterocycles. The minimum atomic E-state index is -0.757. The summed E-state index contributed by atoms with van der Waals surface area (Å²) in [5.74, 6) is 0.891. The van der Waals surface area contributed by atoms with Gasteiger partial charge in [-0.15, -0.1) is 11.3 Å². The third-order valence-corrected chi connectivity index (χ3v) is 3.65. The number of aliphatic hydroxyl groups is 2. The first-order valence-corrected chi connectivity index (χ1v) is 6.63. The number of rotatable bonds is 6. The van der Waals surface area contributed by atoms with Crippen molar-refractivity contribution in [1.29, 1.82) is 0 Å². The molecule has 0 aliphatic heterocycles. The Kier molecular flexibility index (Phi) is 4.48. The summed E-state index contributed by atoms with van der Waals surface area (Å²) in [5, 5.41) is 23.5. The lowest BCUT2D eigenvalue weighted by molar-refractivity contribution is 0.0927. The first-order chi connectivity index (χ1) is 8.72. The third kappa shape index (κ3) is 2.97. The number of hydrogen-bond donors (Lipinski definition) is 3. The van der Waals surface area contributed by atoms with E-state index in [2.05, 4.69) is 10.3 Å². The largest absolute Gasteiger partial charge is 0.394 e. The highest BCUT2D eigenvalue weighted by Crippen LogP contribution is 2.24. The molecule has 98 valence electrons. The second kappa shape index (κ2) is 6.10. The smallest absolute Gasteiger partial charge is 0.131 e. The molecule has 2 aromatic rings. The van der Waals surface area contributed by atoms with E-state index in [9.17, 15) is 5.11 Å². The second-order valence-electron chi connectivity index (χ2n) is 4.09. The molecule has 0 aliphatic carbocycles. The lowest BCUT2D eigenvalue weighted by Gasteiger charge is -2.19. The van der Waals surface area contributed by atoms with Gasteiger partial charge in [0.2, 0.25) is 0 Å². The minimum Gasteiger partial charge on any atom is -0.394 e. The lowest BCUT2D eigenvalue weighted by Crippen LogP contribution is -2.33. The molecule has 0 spiro atoms. The molecular formula is C12H17N3O2S. The SMILES string of the molecule is Cn1ccnc1C(NCC(O)CO)c1cccs1. The van der Waals surface area contributed by atoms with Gasteiger partial charge in [-0.05, 0) is 11.4 Å². The molecule has 6 heteroatoms. The molecule has 0 aromatic carbocycles. The molecule has 18 heavy (non-hydrogen) atoms. The van der Waals surface area contributed by atoms with Crippen molar-refractivity contribution in [2.75, 3.05) is 13.2 Å². The average molecular weight is 267 g/mol. The van der Waals surface area contributed by atoms with Crippen LogP contribution in [0.3, 0.4) is 0 Å². The summed E-state index contributed by atoms with van der Waals surface area (Å²) in [7, 11) is 1.94. The Hall–Kier alpha value is -1.21. The molecule has 0 aliphatic rings. The molecule has 0 bridgehead atoms. The Labute approximate surface area is 110 Å². The van der Waals surface area contributed by atoms with E-state index in [0.29, 0.717) is 6.54 Å². The average Bonchev–Trinajstić information content (AvgIpc) is 3.02. The van der Waals surface area contributed by atoms with Crippen molar-refractivity contribution in [3.8, 4) is 0 Å². The van der Waals surface area contributed by atoms with Crippen LogP contribution in [0.25, 0.3) is 0 Å². The molecule has 2 heterocycles. The van der Waals surface area contributed by atoms with E-state index in [1.165, 1.54) is 0 Å². The van der Waals surface area contributed by atoms with Crippen LogP contribution in [0.2, 0.25) is 0 Å². The Morgan fingerprint density at radius 2 is 2.39 bits per heavy atom. The predicted molar refractivity (Wildman–Crippen MR) is 70.5 cm³/mol. The first-order valence-electron chi connectivity index (χ1n) is 5.75. The molecule has 0 amide bonds. The van der Waals surface area contributed by atoms with Crippen molar-refractivity contribution in [1.82, 2.24) is 14.9 Å². The fourth-order valence-electron chi connectivity index (χ4n) is 1.75. The van der Waals surface area contributed by atoms with Gasteiger partial charge >= 0.3 is 0 Å². The summed E-state index contributed by atoms with van der Waals surface area (Å²) in [5.41, 5.74) is 0. The van der Waals surface area contributed by atoms with Crippen molar-refractivity contribution < 1.29 is 10.2 Å². The maximum atomic E-state index is 9.43. The van der Waals surface area contributed by atoms with Gasteiger partial charge < -0.3 is 20.1 Å². The van der Waals surface area contributed by atoms with Crippen LogP contribution in [-0.2, 0) is 7.05 Å². The van der Waals surface area contributed by atoms with Gasteiger partial charge in [0, 0.05) is 30.9 Å². The Morgan fingerprint density at radius 1 is 1.56 bits per heavy atom. The van der Waals surface area contributed by atoms with Gasteiger partial charge in [-0.2, -0.15) is 0 Å². The van der Waals surface area contributed by atoms with E-state index >= 15 is 0 Å². The van der Waals surface area contributed by atoms with Gasteiger partial charge in [-0.25, -0.2) is 4.98 Å². The maximum absolute atomic E-state index is 9.43. The maximum Gasteiger partial charge on any atom is 0.131 e. The number of aryl methyl sites for hydroxylation is 1. The van der Waals surface area contributed by atoms with Gasteiger partial charge in [0.15, 0.2) is 0 Å². The molecule has 2 unspecified atom stereocenters. The number of aromatic nitrogens is 2. The van der Waals surface area contributed by atoms with Crippen molar-refractivity contribution >= 4 is 11.3 Å². The van der Waals surface area contributed by atoms with E-state index in [4.69, 9.17) is 5.11 Å². The van der Waals surface area contributed by atoms with Crippen molar-refractivity contribution in [2.45, 2.75) is 12.1 Å². The summed E-state index contributed by atoms with van der Waals surface area (Å²) < 4.78 is 1.95. The van der Waals surface area contributed by atoms with Gasteiger partial charge in [0.25, 0.3) is 0 Å². The van der Waals surface area contributed by atoms with Crippen LogP contribution in [0.15, 0.2) is 29.9 Å². The Bertz CT molecular complexity index is 469. The number of hydrogen-bond acceptors (Lipinski definition) is 5. The molecule has 0 saturated carbocycles. The summed E-state index contributed by atoms with van der Waals surface area (Å²) >= 11 is 1.64. The summed E-state index contributed by atoms with van der Waals surface area (Å²) in [6.45, 7) is 0.0800. The summed E-state index contributed by atoms with van der Waals surface area (Å²) in [6.07, 6.45) is 2.88. The quantitative estimate of drug-likeness (QED) is 0.713. The minimum absolute atomic E-state index is 0.0637. The molecule has 0 radical (unpaired) electrons. The van der Waals surface area contributed by atoms with E-state index in [-0.39, 0.29) is 12.6 Å². The molecule has 0 fully saturated rings. The van der Waals surface area contributed by atoms with Crippen LogP contribution in [0.4, 0.5) is 0 Å². The van der Waals surface area contributed by atoms with Crippen LogP contribution in [0.1, 0.15) is 16.7 Å². The molecule has 2 atom stereocenters. The zero-order chi connectivity index (χ0) is 13.0.